The van der Waals surface area contributed by atoms with Crippen molar-refractivity contribution in [3.8, 4) is 11.5 Å². The quantitative estimate of drug-likeness (QED) is 0.337. The van der Waals surface area contributed by atoms with Gasteiger partial charge in [0.05, 0.1) is 11.6 Å². The van der Waals surface area contributed by atoms with Gasteiger partial charge in [0, 0.05) is 14.1 Å². The van der Waals surface area contributed by atoms with Crippen LogP contribution in [0.25, 0.3) is 6.08 Å². The van der Waals surface area contributed by atoms with E-state index in [9.17, 15) is 22.8 Å². The second-order valence-electron chi connectivity index (χ2n) is 6.95. The fourth-order valence-electron chi connectivity index (χ4n) is 2.91. The summed E-state index contributed by atoms with van der Waals surface area (Å²) < 4.78 is 36.2. The molecule has 0 radical (unpaired) electrons. The van der Waals surface area contributed by atoms with Crippen LogP contribution in [0.3, 0.4) is 0 Å². The van der Waals surface area contributed by atoms with Crippen LogP contribution < -0.4 is 8.92 Å². The van der Waals surface area contributed by atoms with E-state index in [4.69, 9.17) is 8.92 Å². The summed E-state index contributed by atoms with van der Waals surface area (Å²) in [4.78, 5) is 38.3. The molecule has 0 N–H and O–H groups in total. The number of halogens is 1. The predicted molar refractivity (Wildman–Crippen MR) is 119 cm³/mol. The lowest BCUT2D eigenvalue weighted by molar-refractivity contribution is -0.134. The number of hydrogen-bond acceptors (Lipinski definition) is 7. The summed E-state index contributed by atoms with van der Waals surface area (Å²) in [5.74, 6) is -1.55. The van der Waals surface area contributed by atoms with Crippen molar-refractivity contribution in [1.29, 1.82) is 0 Å². The van der Waals surface area contributed by atoms with Crippen LogP contribution in [-0.4, -0.2) is 57.3 Å². The molecule has 0 aromatic heterocycles. The first-order valence-electron chi connectivity index (χ1n) is 9.16. The average Bonchev–Trinajstić information content (AvgIpc) is 2.75. The topological polar surface area (TPSA) is 110 Å². The molecule has 0 saturated carbocycles. The lowest BCUT2D eigenvalue weighted by atomic mass is 10.1. The number of benzene rings is 2. The Balaban J connectivity index is 2.01. The molecule has 0 bridgehead atoms. The third-order valence-corrected chi connectivity index (χ3v) is 6.53. The minimum absolute atomic E-state index is 0.0302. The Bertz CT molecular complexity index is 1230. The zero-order valence-corrected chi connectivity index (χ0v) is 20.0. The Morgan fingerprint density at radius 3 is 2.06 bits per heavy atom. The molecule has 1 heterocycles. The van der Waals surface area contributed by atoms with Gasteiger partial charge in [-0.15, -0.1) is 0 Å². The molecule has 1 aliphatic heterocycles. The molecule has 0 unspecified atom stereocenters. The number of hydrogen-bond donors (Lipinski definition) is 0. The first-order valence-corrected chi connectivity index (χ1v) is 11.4. The SMILES string of the molecule is COc1cc(C=C2C(=O)N(C)C(=O)N(C)C2=O)cc(Br)c1OS(=O)(=O)c1ccc(C)cc1. The predicted octanol–water partition coefficient (Wildman–Crippen LogP) is 2.97. The van der Waals surface area contributed by atoms with E-state index in [-0.39, 0.29) is 26.4 Å². The molecule has 32 heavy (non-hydrogen) atoms. The second kappa shape index (κ2) is 8.75. The molecule has 3 rings (SSSR count). The number of amides is 4. The number of nitrogens with zero attached hydrogens (tertiary/aromatic N) is 2. The van der Waals surface area contributed by atoms with Crippen LogP contribution in [0.5, 0.6) is 11.5 Å². The van der Waals surface area contributed by atoms with Gasteiger partial charge in [-0.05, 0) is 58.8 Å². The normalized spacial score (nSPS) is 14.7. The maximum atomic E-state index is 12.7. The van der Waals surface area contributed by atoms with Crippen LogP contribution in [0.2, 0.25) is 0 Å². The molecule has 1 aliphatic rings. The summed E-state index contributed by atoms with van der Waals surface area (Å²) in [6.07, 6.45) is 1.29. The lowest BCUT2D eigenvalue weighted by Gasteiger charge is -2.28. The van der Waals surface area contributed by atoms with E-state index < -0.39 is 28.0 Å². The molecule has 9 nitrogen and oxygen atoms in total. The van der Waals surface area contributed by atoms with Gasteiger partial charge in [-0.3, -0.25) is 19.4 Å². The monoisotopic (exact) mass is 522 g/mol. The van der Waals surface area contributed by atoms with Crippen molar-refractivity contribution >= 4 is 50.0 Å². The van der Waals surface area contributed by atoms with Gasteiger partial charge in [0.25, 0.3) is 11.8 Å². The van der Waals surface area contributed by atoms with Gasteiger partial charge in [-0.2, -0.15) is 8.42 Å². The van der Waals surface area contributed by atoms with Gasteiger partial charge in [0.2, 0.25) is 0 Å². The molecule has 2 aromatic carbocycles. The highest BCUT2D eigenvalue weighted by Crippen LogP contribution is 2.39. The van der Waals surface area contributed by atoms with Crippen molar-refractivity contribution in [2.75, 3.05) is 21.2 Å². The van der Waals surface area contributed by atoms with Gasteiger partial charge >= 0.3 is 16.1 Å². The number of imide groups is 2. The Morgan fingerprint density at radius 2 is 1.53 bits per heavy atom. The van der Waals surface area contributed by atoms with Gasteiger partial charge < -0.3 is 8.92 Å². The summed E-state index contributed by atoms with van der Waals surface area (Å²) in [7, 11) is -0.290. The van der Waals surface area contributed by atoms with E-state index in [0.29, 0.717) is 5.56 Å². The van der Waals surface area contributed by atoms with E-state index in [1.807, 2.05) is 6.92 Å². The maximum absolute atomic E-state index is 12.7. The van der Waals surface area contributed by atoms with E-state index in [1.165, 1.54) is 51.5 Å². The van der Waals surface area contributed by atoms with Crippen LogP contribution in [0.15, 0.2) is 51.3 Å². The van der Waals surface area contributed by atoms with Gasteiger partial charge in [-0.1, -0.05) is 17.7 Å². The molecular formula is C21H19BrN2O7S. The summed E-state index contributed by atoms with van der Waals surface area (Å²) in [5, 5.41) is 0. The van der Waals surface area contributed by atoms with E-state index >= 15 is 0 Å². The highest BCUT2D eigenvalue weighted by atomic mass is 79.9. The van der Waals surface area contributed by atoms with Crippen molar-refractivity contribution in [3.05, 3.63) is 57.6 Å². The molecule has 0 aliphatic carbocycles. The summed E-state index contributed by atoms with van der Waals surface area (Å²) >= 11 is 3.26. The minimum Gasteiger partial charge on any atom is -0.493 e. The second-order valence-corrected chi connectivity index (χ2v) is 9.35. The number of rotatable bonds is 5. The third-order valence-electron chi connectivity index (χ3n) is 4.71. The zero-order valence-electron chi connectivity index (χ0n) is 17.6. The first-order chi connectivity index (χ1) is 15.0. The average molecular weight is 523 g/mol. The Morgan fingerprint density at radius 1 is 0.969 bits per heavy atom. The minimum atomic E-state index is -4.15. The fraction of sp³-hybridized carbons (Fsp3) is 0.190. The van der Waals surface area contributed by atoms with Gasteiger partial charge in [0.15, 0.2) is 11.5 Å². The molecule has 168 valence electrons. The van der Waals surface area contributed by atoms with Gasteiger partial charge in [0.1, 0.15) is 10.5 Å². The van der Waals surface area contributed by atoms with Crippen molar-refractivity contribution in [2.45, 2.75) is 11.8 Å². The number of carbonyl (C=O) groups is 3. The highest BCUT2D eigenvalue weighted by Gasteiger charge is 2.37. The van der Waals surface area contributed by atoms with E-state index in [0.717, 1.165) is 15.4 Å². The number of methoxy groups -OCH3 is 1. The fourth-order valence-corrected chi connectivity index (χ4v) is 4.51. The number of carbonyl (C=O) groups excluding carboxylic acids is 3. The molecule has 11 heteroatoms. The largest absolute Gasteiger partial charge is 0.493 e. The number of aryl methyl sites for hydroxylation is 1. The van der Waals surface area contributed by atoms with Crippen molar-refractivity contribution in [1.82, 2.24) is 9.80 Å². The Kier molecular flexibility index (Phi) is 6.42. The summed E-state index contributed by atoms with van der Waals surface area (Å²) in [5.41, 5.74) is 1.01. The standard InChI is InChI=1S/C21H19BrN2O7S/c1-12-5-7-14(8-6-12)32(28,29)31-18-16(22)10-13(11-17(18)30-4)9-15-19(25)23(2)21(27)24(3)20(15)26/h5-11H,1-4H3. The molecule has 0 atom stereocenters. The van der Waals surface area contributed by atoms with Crippen LogP contribution in [0, 0.1) is 6.92 Å². The first kappa shape index (κ1) is 23.5. The van der Waals surface area contributed by atoms with Crippen LogP contribution in [0.1, 0.15) is 11.1 Å². The number of barbiturate groups is 1. The van der Waals surface area contributed by atoms with Crippen LogP contribution in [0.4, 0.5) is 4.79 Å². The zero-order chi connectivity index (χ0) is 23.8. The number of likely N-dealkylation sites (N-methyl/N-ethyl adjacent to an activating group) is 2. The van der Waals surface area contributed by atoms with E-state index in [1.54, 1.807) is 12.1 Å². The summed E-state index contributed by atoms with van der Waals surface area (Å²) in [6.45, 7) is 1.83. The lowest BCUT2D eigenvalue weighted by Crippen LogP contribution is -2.52. The molecular weight excluding hydrogens is 504 g/mol. The molecule has 1 saturated heterocycles. The van der Waals surface area contributed by atoms with Crippen LogP contribution >= 0.6 is 15.9 Å². The van der Waals surface area contributed by atoms with Crippen molar-refractivity contribution < 1.29 is 31.7 Å². The molecule has 0 spiro atoms. The molecule has 4 amide bonds. The van der Waals surface area contributed by atoms with Crippen molar-refractivity contribution in [3.63, 3.8) is 0 Å². The molecule has 2 aromatic rings. The third kappa shape index (κ3) is 4.39. The number of urea groups is 1. The van der Waals surface area contributed by atoms with Gasteiger partial charge in [-0.25, -0.2) is 4.79 Å². The van der Waals surface area contributed by atoms with Crippen LogP contribution in [-0.2, 0) is 19.7 Å². The smallest absolute Gasteiger partial charge is 0.339 e. The molecule has 1 fully saturated rings. The maximum Gasteiger partial charge on any atom is 0.339 e. The van der Waals surface area contributed by atoms with E-state index in [2.05, 4.69) is 15.9 Å². The summed E-state index contributed by atoms with van der Waals surface area (Å²) in [6, 6.07) is 8.29. The Labute approximate surface area is 193 Å². The highest BCUT2D eigenvalue weighted by molar-refractivity contribution is 9.10. The number of ether oxygens (including phenoxy) is 1. The Hall–Kier alpha value is -3.18. The van der Waals surface area contributed by atoms with Crippen molar-refractivity contribution in [2.24, 2.45) is 0 Å².